The predicted molar refractivity (Wildman–Crippen MR) is 147 cm³/mol. The number of rotatable bonds is 25. The largest absolute Gasteiger partial charge is 0.392 e. The molecule has 5 heteroatoms. The molecule has 0 aromatic rings. The summed E-state index contributed by atoms with van der Waals surface area (Å²) in [7, 11) is 0. The van der Waals surface area contributed by atoms with E-state index in [4.69, 9.17) is 0 Å². The Balaban J connectivity index is 5.35. The van der Waals surface area contributed by atoms with Crippen LogP contribution in [0.3, 0.4) is 0 Å². The average Bonchev–Trinajstić information content (AvgIpc) is 2.79. The van der Waals surface area contributed by atoms with E-state index in [-0.39, 0.29) is 6.10 Å². The number of hydrazine groups is 1. The van der Waals surface area contributed by atoms with E-state index in [1.54, 1.807) is 0 Å². The van der Waals surface area contributed by atoms with Crippen molar-refractivity contribution in [1.82, 2.24) is 10.0 Å². The van der Waals surface area contributed by atoms with Gasteiger partial charge in [0.15, 0.2) is 0 Å². The smallest absolute Gasteiger partial charge is 0.0681 e. The van der Waals surface area contributed by atoms with Gasteiger partial charge in [0, 0.05) is 26.2 Å². The normalized spacial score (nSPS) is 15.7. The average molecular weight is 487 g/mol. The lowest BCUT2D eigenvalue weighted by Crippen LogP contribution is -2.53. The van der Waals surface area contributed by atoms with Crippen LogP contribution in [0, 0.1) is 5.92 Å². The maximum absolute atomic E-state index is 10.8. The fraction of sp³-hybridized carbons (Fsp3) is 1.00. The van der Waals surface area contributed by atoms with Crippen LogP contribution in [0.25, 0.3) is 0 Å². The zero-order valence-corrected chi connectivity index (χ0v) is 23.7. The Kier molecular flexibility index (Phi) is 23.1. The fourth-order valence-electron chi connectivity index (χ4n) is 4.70. The summed E-state index contributed by atoms with van der Waals surface area (Å²) in [5.74, 6) is 0.520. The van der Waals surface area contributed by atoms with Crippen LogP contribution in [0.2, 0.25) is 0 Å². The molecule has 5 nitrogen and oxygen atoms in total. The quantitative estimate of drug-likeness (QED) is 0.101. The van der Waals surface area contributed by atoms with Crippen molar-refractivity contribution in [2.24, 2.45) is 5.92 Å². The molecule has 4 unspecified atom stereocenters. The third kappa shape index (κ3) is 19.0. The summed E-state index contributed by atoms with van der Waals surface area (Å²) >= 11 is 0. The summed E-state index contributed by atoms with van der Waals surface area (Å²) < 4.78 is 0. The molecule has 34 heavy (non-hydrogen) atoms. The van der Waals surface area contributed by atoms with Crippen molar-refractivity contribution in [3.05, 3.63) is 0 Å². The lowest BCUT2D eigenvalue weighted by Gasteiger charge is -2.40. The van der Waals surface area contributed by atoms with Gasteiger partial charge in [0.1, 0.15) is 0 Å². The van der Waals surface area contributed by atoms with Crippen molar-refractivity contribution in [2.75, 3.05) is 26.2 Å². The van der Waals surface area contributed by atoms with E-state index >= 15 is 0 Å². The Morgan fingerprint density at radius 1 is 0.441 bits per heavy atom. The van der Waals surface area contributed by atoms with E-state index in [0.717, 1.165) is 83.6 Å². The lowest BCUT2D eigenvalue weighted by atomic mass is 10.0. The van der Waals surface area contributed by atoms with E-state index in [1.165, 1.54) is 25.7 Å². The van der Waals surface area contributed by atoms with Crippen molar-refractivity contribution in [2.45, 2.75) is 156 Å². The van der Waals surface area contributed by atoms with Gasteiger partial charge in [-0.25, -0.2) is 10.0 Å². The molecule has 0 heterocycles. The van der Waals surface area contributed by atoms with E-state index in [0.29, 0.717) is 25.6 Å². The van der Waals surface area contributed by atoms with Crippen molar-refractivity contribution < 1.29 is 15.3 Å². The Morgan fingerprint density at radius 2 is 0.735 bits per heavy atom. The molecule has 0 fully saturated rings. The van der Waals surface area contributed by atoms with E-state index in [1.807, 2.05) is 0 Å². The number of hydrogen-bond donors (Lipinski definition) is 3. The van der Waals surface area contributed by atoms with Crippen molar-refractivity contribution >= 4 is 0 Å². The van der Waals surface area contributed by atoms with Gasteiger partial charge >= 0.3 is 0 Å². The van der Waals surface area contributed by atoms with Gasteiger partial charge in [0.05, 0.1) is 18.3 Å². The second kappa shape index (κ2) is 23.2. The summed E-state index contributed by atoms with van der Waals surface area (Å²) in [4.78, 5) is 0. The maximum Gasteiger partial charge on any atom is 0.0681 e. The Labute approximate surface area is 213 Å². The Morgan fingerprint density at radius 3 is 1.06 bits per heavy atom. The zero-order valence-electron chi connectivity index (χ0n) is 23.7. The molecular weight excluding hydrogens is 424 g/mol. The molecule has 0 aliphatic heterocycles. The second-order valence-corrected chi connectivity index (χ2v) is 10.8. The third-order valence-electron chi connectivity index (χ3n) is 6.91. The van der Waals surface area contributed by atoms with Crippen LogP contribution >= 0.6 is 0 Å². The first-order valence-electron chi connectivity index (χ1n) is 14.9. The third-order valence-corrected chi connectivity index (χ3v) is 6.91. The summed E-state index contributed by atoms with van der Waals surface area (Å²) in [6.45, 7) is 13.7. The molecule has 3 N–H and O–H groups in total. The molecule has 0 spiro atoms. The Bertz CT molecular complexity index is 350. The van der Waals surface area contributed by atoms with Gasteiger partial charge in [-0.1, -0.05) is 112 Å². The summed E-state index contributed by atoms with van der Waals surface area (Å²) in [6.07, 6.45) is 16.2. The molecular formula is C29H62N2O3. The van der Waals surface area contributed by atoms with Gasteiger partial charge in [-0.2, -0.15) is 0 Å². The predicted octanol–water partition coefficient (Wildman–Crippen LogP) is 6.55. The molecule has 0 radical (unpaired) electrons. The van der Waals surface area contributed by atoms with E-state index < -0.39 is 12.2 Å². The molecule has 0 amide bonds. The molecule has 0 saturated heterocycles. The zero-order chi connectivity index (χ0) is 25.6. The first-order valence-corrected chi connectivity index (χ1v) is 14.9. The minimum atomic E-state index is -0.399. The molecule has 0 aromatic heterocycles. The lowest BCUT2D eigenvalue weighted by molar-refractivity contribution is -0.102. The number of aliphatic hydroxyl groups is 3. The molecule has 0 saturated carbocycles. The van der Waals surface area contributed by atoms with Crippen molar-refractivity contribution in [3.8, 4) is 0 Å². The monoisotopic (exact) mass is 486 g/mol. The maximum atomic E-state index is 10.8. The molecule has 0 bridgehead atoms. The summed E-state index contributed by atoms with van der Waals surface area (Å²) in [5, 5.41) is 37.0. The molecule has 0 rings (SSSR count). The highest BCUT2D eigenvalue weighted by Crippen LogP contribution is 2.17. The van der Waals surface area contributed by atoms with Crippen molar-refractivity contribution in [1.29, 1.82) is 0 Å². The SMILES string of the molecule is CCCCCC(C)CN(CC(O)CCCCC)N(CC(O)CCCCC)CC(O)CCCCC. The summed E-state index contributed by atoms with van der Waals surface area (Å²) in [6, 6.07) is 0. The van der Waals surface area contributed by atoms with Gasteiger partial charge in [0.25, 0.3) is 0 Å². The molecule has 0 aliphatic carbocycles. The topological polar surface area (TPSA) is 67.2 Å². The molecule has 4 atom stereocenters. The summed E-state index contributed by atoms with van der Waals surface area (Å²) in [5.41, 5.74) is 0. The number of nitrogens with zero attached hydrogens (tertiary/aromatic N) is 2. The number of hydrogen-bond acceptors (Lipinski definition) is 5. The van der Waals surface area contributed by atoms with Gasteiger partial charge in [-0.15, -0.1) is 0 Å². The first kappa shape index (κ1) is 33.8. The standard InChI is InChI=1S/C29H62N2O3/c1-6-10-14-18-26(5)22-30(23-27(32)19-15-11-7-2)31(24-28(33)20-16-12-8-3)25-29(34)21-17-13-9-4/h26-29,32-34H,6-25H2,1-5H3. The second-order valence-electron chi connectivity index (χ2n) is 10.8. The minimum absolute atomic E-state index is 0.369. The van der Waals surface area contributed by atoms with Crippen LogP contribution in [0.4, 0.5) is 0 Å². The van der Waals surface area contributed by atoms with Gasteiger partial charge in [-0.3, -0.25) is 0 Å². The number of aliphatic hydroxyl groups excluding tert-OH is 3. The van der Waals surface area contributed by atoms with Gasteiger partial charge < -0.3 is 15.3 Å². The van der Waals surface area contributed by atoms with Crippen LogP contribution in [-0.4, -0.2) is 69.8 Å². The minimum Gasteiger partial charge on any atom is -0.392 e. The molecule has 206 valence electrons. The van der Waals surface area contributed by atoms with E-state index in [2.05, 4.69) is 44.6 Å². The van der Waals surface area contributed by atoms with Crippen LogP contribution in [0.5, 0.6) is 0 Å². The number of unbranched alkanes of at least 4 members (excludes halogenated alkanes) is 8. The van der Waals surface area contributed by atoms with Gasteiger partial charge in [0.2, 0.25) is 0 Å². The highest BCUT2D eigenvalue weighted by molar-refractivity contribution is 4.73. The van der Waals surface area contributed by atoms with Crippen LogP contribution < -0.4 is 0 Å². The van der Waals surface area contributed by atoms with Gasteiger partial charge in [-0.05, 0) is 31.6 Å². The molecule has 0 aromatic carbocycles. The highest BCUT2D eigenvalue weighted by Gasteiger charge is 2.25. The Hall–Kier alpha value is -0.200. The highest BCUT2D eigenvalue weighted by atomic mass is 16.3. The molecule has 0 aliphatic rings. The van der Waals surface area contributed by atoms with Crippen LogP contribution in [-0.2, 0) is 0 Å². The first-order chi connectivity index (χ1) is 16.4. The van der Waals surface area contributed by atoms with Crippen LogP contribution in [0.1, 0.15) is 137 Å². The van der Waals surface area contributed by atoms with Crippen molar-refractivity contribution in [3.63, 3.8) is 0 Å². The van der Waals surface area contributed by atoms with Crippen LogP contribution in [0.15, 0.2) is 0 Å². The fourth-order valence-corrected chi connectivity index (χ4v) is 4.70. The van der Waals surface area contributed by atoms with E-state index in [9.17, 15) is 15.3 Å².